The van der Waals surface area contributed by atoms with Crippen LogP contribution < -0.4 is 5.73 Å². The number of carbonyl (C=O) groups excluding carboxylic acids is 1. The molecule has 1 aromatic carbocycles. The average Bonchev–Trinajstić information content (AvgIpc) is 2.16. The number of hydrogen-bond donors (Lipinski definition) is 1. The Kier molecular flexibility index (Phi) is 1.85. The molecule has 0 bridgehead atoms. The van der Waals surface area contributed by atoms with Crippen LogP contribution in [0.25, 0.3) is 10.9 Å². The molecule has 0 atom stereocenters. The first-order chi connectivity index (χ1) is 6.66. The maximum Gasteiger partial charge on any atom is 0.286 e. The van der Waals surface area contributed by atoms with Gasteiger partial charge in [-0.15, -0.1) is 0 Å². The van der Waals surface area contributed by atoms with Crippen LogP contribution in [-0.2, 0) is 0 Å². The minimum Gasteiger partial charge on any atom is -0.363 e. The molecule has 0 saturated carbocycles. The topological polar surface area (TPSA) is 68.9 Å². The molecule has 4 nitrogen and oxygen atoms in total. The molecule has 2 N–H and O–H groups in total. The van der Waals surface area contributed by atoms with Gasteiger partial charge in [0, 0.05) is 11.6 Å². The van der Waals surface area contributed by atoms with E-state index in [0.717, 1.165) is 0 Å². The minimum absolute atomic E-state index is 0.0656. The van der Waals surface area contributed by atoms with E-state index in [9.17, 15) is 9.18 Å². The van der Waals surface area contributed by atoms with Crippen molar-refractivity contribution < 1.29 is 9.18 Å². The van der Waals surface area contributed by atoms with Crippen LogP contribution in [0.1, 0.15) is 10.6 Å². The average molecular weight is 191 g/mol. The van der Waals surface area contributed by atoms with Crippen molar-refractivity contribution >= 4 is 16.8 Å². The fourth-order valence-electron chi connectivity index (χ4n) is 1.12. The first-order valence-electron chi connectivity index (χ1n) is 3.89. The Balaban J connectivity index is 2.67. The van der Waals surface area contributed by atoms with Gasteiger partial charge in [-0.05, 0) is 18.2 Å². The summed E-state index contributed by atoms with van der Waals surface area (Å²) >= 11 is 0. The summed E-state index contributed by atoms with van der Waals surface area (Å²) < 4.78 is 12.7. The SMILES string of the molecule is NC(=O)c1ncc2cc(F)ccc2n1. The summed E-state index contributed by atoms with van der Waals surface area (Å²) in [5.74, 6) is -1.13. The normalized spacial score (nSPS) is 10.4. The summed E-state index contributed by atoms with van der Waals surface area (Å²) in [6.07, 6.45) is 1.37. The third-order valence-corrected chi connectivity index (χ3v) is 1.76. The predicted molar refractivity (Wildman–Crippen MR) is 48.0 cm³/mol. The highest BCUT2D eigenvalue weighted by molar-refractivity contribution is 5.91. The van der Waals surface area contributed by atoms with Crippen molar-refractivity contribution in [3.8, 4) is 0 Å². The Labute approximate surface area is 78.6 Å². The van der Waals surface area contributed by atoms with E-state index in [1.807, 2.05) is 0 Å². The van der Waals surface area contributed by atoms with Gasteiger partial charge in [-0.1, -0.05) is 0 Å². The van der Waals surface area contributed by atoms with Gasteiger partial charge in [-0.3, -0.25) is 4.79 Å². The fraction of sp³-hybridized carbons (Fsp3) is 0. The van der Waals surface area contributed by atoms with Crippen LogP contribution in [0.15, 0.2) is 24.4 Å². The third-order valence-electron chi connectivity index (χ3n) is 1.76. The maximum atomic E-state index is 12.7. The first-order valence-corrected chi connectivity index (χ1v) is 3.89. The Morgan fingerprint density at radius 1 is 1.43 bits per heavy atom. The zero-order valence-corrected chi connectivity index (χ0v) is 7.07. The van der Waals surface area contributed by atoms with Crippen LogP contribution in [-0.4, -0.2) is 15.9 Å². The van der Waals surface area contributed by atoms with Crippen LogP contribution in [0.5, 0.6) is 0 Å². The number of halogens is 1. The zero-order valence-electron chi connectivity index (χ0n) is 7.07. The van der Waals surface area contributed by atoms with Crippen molar-refractivity contribution in [2.24, 2.45) is 5.73 Å². The van der Waals surface area contributed by atoms with Gasteiger partial charge in [0.2, 0.25) is 5.82 Å². The van der Waals surface area contributed by atoms with E-state index in [1.54, 1.807) is 0 Å². The number of carbonyl (C=O) groups is 1. The standard InChI is InChI=1S/C9H6FN3O/c10-6-1-2-7-5(3-6)4-12-9(13-7)8(11)14/h1-4H,(H2,11,14). The molecule has 0 saturated heterocycles. The van der Waals surface area contributed by atoms with Gasteiger partial charge >= 0.3 is 0 Å². The number of hydrogen-bond acceptors (Lipinski definition) is 3. The molecule has 0 unspecified atom stereocenters. The first kappa shape index (κ1) is 8.55. The number of benzene rings is 1. The summed E-state index contributed by atoms with van der Waals surface area (Å²) in [6, 6.07) is 4.03. The zero-order chi connectivity index (χ0) is 10.1. The van der Waals surface area contributed by atoms with Crippen molar-refractivity contribution in [1.82, 2.24) is 9.97 Å². The third kappa shape index (κ3) is 1.39. The summed E-state index contributed by atoms with van der Waals surface area (Å²) in [4.78, 5) is 18.3. The van der Waals surface area contributed by atoms with Crippen LogP contribution in [0.4, 0.5) is 4.39 Å². The number of rotatable bonds is 1. The lowest BCUT2D eigenvalue weighted by atomic mass is 10.2. The van der Waals surface area contributed by atoms with Crippen molar-refractivity contribution in [2.75, 3.05) is 0 Å². The molecule has 0 aliphatic heterocycles. The number of nitrogens with zero attached hydrogens (tertiary/aromatic N) is 2. The largest absolute Gasteiger partial charge is 0.363 e. The molecule has 5 heteroatoms. The molecule has 2 rings (SSSR count). The van der Waals surface area contributed by atoms with Gasteiger partial charge in [-0.2, -0.15) is 0 Å². The lowest BCUT2D eigenvalue weighted by Gasteiger charge is -1.98. The highest BCUT2D eigenvalue weighted by Gasteiger charge is 2.05. The number of nitrogens with two attached hydrogens (primary N) is 1. The molecule has 0 radical (unpaired) electrons. The van der Waals surface area contributed by atoms with Crippen molar-refractivity contribution in [1.29, 1.82) is 0 Å². The van der Waals surface area contributed by atoms with Crippen LogP contribution in [0.3, 0.4) is 0 Å². The molecule has 0 fully saturated rings. The maximum absolute atomic E-state index is 12.7. The van der Waals surface area contributed by atoms with Gasteiger partial charge in [0.1, 0.15) is 5.82 Å². The Bertz CT molecular complexity index is 512. The summed E-state index contributed by atoms with van der Waals surface area (Å²) in [6.45, 7) is 0. The molecule has 1 amide bonds. The second-order valence-electron chi connectivity index (χ2n) is 2.76. The number of fused-ring (bicyclic) bond motifs is 1. The van der Waals surface area contributed by atoms with Crippen LogP contribution in [0.2, 0.25) is 0 Å². The second-order valence-corrected chi connectivity index (χ2v) is 2.76. The number of primary amides is 1. The molecule has 70 valence electrons. The van der Waals surface area contributed by atoms with E-state index in [4.69, 9.17) is 5.73 Å². The highest BCUT2D eigenvalue weighted by Crippen LogP contribution is 2.11. The van der Waals surface area contributed by atoms with Gasteiger partial charge in [0.25, 0.3) is 5.91 Å². The number of amides is 1. The molecule has 0 aliphatic carbocycles. The summed E-state index contributed by atoms with van der Waals surface area (Å²) in [5.41, 5.74) is 5.49. The monoisotopic (exact) mass is 191 g/mol. The molecule has 1 heterocycles. The molecule has 0 aliphatic rings. The van der Waals surface area contributed by atoms with Crippen LogP contribution >= 0.6 is 0 Å². The molecule has 1 aromatic heterocycles. The van der Waals surface area contributed by atoms with E-state index in [-0.39, 0.29) is 11.6 Å². The second kappa shape index (κ2) is 3.02. The lowest BCUT2D eigenvalue weighted by molar-refractivity contribution is 0.0991. The van der Waals surface area contributed by atoms with Crippen molar-refractivity contribution in [3.05, 3.63) is 36.0 Å². The van der Waals surface area contributed by atoms with Crippen LogP contribution in [0, 0.1) is 5.82 Å². The lowest BCUT2D eigenvalue weighted by Crippen LogP contribution is -2.14. The molecule has 0 spiro atoms. The Hall–Kier alpha value is -2.04. The van der Waals surface area contributed by atoms with E-state index in [2.05, 4.69) is 9.97 Å². The van der Waals surface area contributed by atoms with Crippen molar-refractivity contribution in [2.45, 2.75) is 0 Å². The van der Waals surface area contributed by atoms with E-state index >= 15 is 0 Å². The molecule has 2 aromatic rings. The predicted octanol–water partition coefficient (Wildman–Crippen LogP) is 0.868. The fourth-order valence-corrected chi connectivity index (χ4v) is 1.12. The number of aromatic nitrogens is 2. The van der Waals surface area contributed by atoms with E-state index in [0.29, 0.717) is 10.9 Å². The molecular weight excluding hydrogens is 185 g/mol. The molecular formula is C9H6FN3O. The summed E-state index contributed by atoms with van der Waals surface area (Å²) in [7, 11) is 0. The Morgan fingerprint density at radius 3 is 2.93 bits per heavy atom. The van der Waals surface area contributed by atoms with Gasteiger partial charge in [0.15, 0.2) is 0 Å². The van der Waals surface area contributed by atoms with Gasteiger partial charge in [-0.25, -0.2) is 14.4 Å². The smallest absolute Gasteiger partial charge is 0.286 e. The Morgan fingerprint density at radius 2 is 2.21 bits per heavy atom. The van der Waals surface area contributed by atoms with Gasteiger partial charge < -0.3 is 5.73 Å². The molecule has 14 heavy (non-hydrogen) atoms. The van der Waals surface area contributed by atoms with Gasteiger partial charge in [0.05, 0.1) is 5.52 Å². The quantitative estimate of drug-likeness (QED) is 0.727. The summed E-state index contributed by atoms with van der Waals surface area (Å²) in [5, 5.41) is 0.537. The highest BCUT2D eigenvalue weighted by atomic mass is 19.1. The van der Waals surface area contributed by atoms with Crippen molar-refractivity contribution in [3.63, 3.8) is 0 Å². The van der Waals surface area contributed by atoms with E-state index in [1.165, 1.54) is 24.4 Å². The minimum atomic E-state index is -0.698. The van der Waals surface area contributed by atoms with E-state index < -0.39 is 5.91 Å².